The molecule has 41 heavy (non-hydrogen) atoms. The van der Waals surface area contributed by atoms with Crippen LogP contribution in [0.2, 0.25) is 0 Å². The van der Waals surface area contributed by atoms with Gasteiger partial charge in [-0.15, -0.1) is 0 Å². The molecule has 4 N–H and O–H groups in total. The highest BCUT2D eigenvalue weighted by atomic mass is 32.2. The van der Waals surface area contributed by atoms with Crippen molar-refractivity contribution in [2.24, 2.45) is 5.73 Å². The third-order valence-corrected chi connectivity index (χ3v) is 7.59. The van der Waals surface area contributed by atoms with Crippen molar-refractivity contribution >= 4 is 33.6 Å². The molecule has 2 aromatic heterocycles. The second kappa shape index (κ2) is 12.2. The molecular weight excluding hydrogens is 546 g/mol. The van der Waals surface area contributed by atoms with Crippen molar-refractivity contribution < 1.29 is 18.3 Å². The van der Waals surface area contributed by atoms with Gasteiger partial charge in [-0.2, -0.15) is 5.10 Å². The Bertz CT molecular complexity index is 1630. The second-order valence-electron chi connectivity index (χ2n) is 10.1. The van der Waals surface area contributed by atoms with Gasteiger partial charge in [0, 0.05) is 48.9 Å². The smallest absolute Gasteiger partial charge is 0.291 e. The molecular formula is C28H32N7O5S-. The van der Waals surface area contributed by atoms with E-state index in [4.69, 9.17) is 15.6 Å². The van der Waals surface area contributed by atoms with Crippen LogP contribution in [0.4, 0.5) is 5.69 Å². The van der Waals surface area contributed by atoms with E-state index in [2.05, 4.69) is 34.1 Å². The van der Waals surface area contributed by atoms with Gasteiger partial charge < -0.3 is 30.2 Å². The molecule has 1 aliphatic rings. The topological polar surface area (TPSA) is 162 Å². The van der Waals surface area contributed by atoms with E-state index in [-0.39, 0.29) is 28.7 Å². The average molecular weight is 579 g/mol. The van der Waals surface area contributed by atoms with Crippen molar-refractivity contribution in [3.8, 4) is 22.8 Å². The Kier molecular flexibility index (Phi) is 8.49. The van der Waals surface area contributed by atoms with Gasteiger partial charge >= 0.3 is 0 Å². The van der Waals surface area contributed by atoms with Crippen LogP contribution in [0.5, 0.6) is 11.5 Å². The standard InChI is InChI=1S/C28H33N7O5S/c1-18(34-12-10-33(2)11-13-34)16-35-28(37)26-22(15-23(31-26)27(29)36)25(32-35)21-14-19(30-17-41(38)39)8-9-24(21)40-20-6-4-3-5-7-20/h3-9,14-15,18,30-31H,10-13,16-17H2,1-2H3,(H2,29,36)(H,38,39)/p-1. The predicted octanol–water partition coefficient (Wildman–Crippen LogP) is 2.17. The average Bonchev–Trinajstić information content (AvgIpc) is 3.41. The number of fused-ring (bicyclic) bond motifs is 1. The van der Waals surface area contributed by atoms with Gasteiger partial charge in [0.05, 0.1) is 12.4 Å². The van der Waals surface area contributed by atoms with Crippen LogP contribution in [-0.2, 0) is 17.6 Å². The summed E-state index contributed by atoms with van der Waals surface area (Å²) in [4.78, 5) is 33.2. The molecule has 12 nitrogen and oxygen atoms in total. The van der Waals surface area contributed by atoms with Crippen LogP contribution in [0.15, 0.2) is 59.4 Å². The molecule has 1 aliphatic heterocycles. The molecule has 0 spiro atoms. The highest BCUT2D eigenvalue weighted by Crippen LogP contribution is 2.37. The second-order valence-corrected chi connectivity index (χ2v) is 11.0. The number of ether oxygens (including phenoxy) is 1. The summed E-state index contributed by atoms with van der Waals surface area (Å²) in [7, 11) is 2.09. The monoisotopic (exact) mass is 578 g/mol. The Labute approximate surface area is 239 Å². The van der Waals surface area contributed by atoms with Gasteiger partial charge in [0.15, 0.2) is 0 Å². The summed E-state index contributed by atoms with van der Waals surface area (Å²) >= 11 is -2.31. The number of benzene rings is 2. The number of anilines is 1. The maximum atomic E-state index is 13.6. The summed E-state index contributed by atoms with van der Waals surface area (Å²) in [6.07, 6.45) is 0. The Morgan fingerprint density at radius 2 is 1.90 bits per heavy atom. The summed E-state index contributed by atoms with van der Waals surface area (Å²) < 4.78 is 30.1. The molecule has 1 amide bonds. The molecule has 4 aromatic rings. The van der Waals surface area contributed by atoms with E-state index < -0.39 is 17.0 Å². The molecule has 3 heterocycles. The minimum Gasteiger partial charge on any atom is -0.771 e. The number of H-pyrrole nitrogens is 1. The fourth-order valence-electron chi connectivity index (χ4n) is 4.91. The summed E-state index contributed by atoms with van der Waals surface area (Å²) in [5, 5.41) is 8.06. The van der Waals surface area contributed by atoms with Gasteiger partial charge in [-0.25, -0.2) is 4.68 Å². The first-order valence-corrected chi connectivity index (χ1v) is 14.5. The summed E-state index contributed by atoms with van der Waals surface area (Å²) in [6.45, 7) is 6.00. The van der Waals surface area contributed by atoms with E-state index in [9.17, 15) is 18.4 Å². The lowest BCUT2D eigenvalue weighted by atomic mass is 10.1. The normalized spacial score (nSPS) is 16.0. The van der Waals surface area contributed by atoms with Crippen molar-refractivity contribution in [2.75, 3.05) is 44.4 Å². The SMILES string of the molecule is CC(Cn1nc(-c2cc(NCS(=O)[O-])ccc2Oc2ccccc2)c2cc(C(N)=O)[nH]c2c1=O)N1CCN(C)CC1. The zero-order chi connectivity index (χ0) is 29.1. The molecule has 2 aromatic carbocycles. The Morgan fingerprint density at radius 1 is 1.17 bits per heavy atom. The van der Waals surface area contributed by atoms with Crippen LogP contribution >= 0.6 is 0 Å². The minimum atomic E-state index is -2.31. The van der Waals surface area contributed by atoms with Crippen LogP contribution in [0, 0.1) is 0 Å². The summed E-state index contributed by atoms with van der Waals surface area (Å²) in [5.41, 5.74) is 6.84. The van der Waals surface area contributed by atoms with Crippen molar-refractivity contribution in [3.05, 3.63) is 70.6 Å². The maximum Gasteiger partial charge on any atom is 0.291 e. The van der Waals surface area contributed by atoms with Crippen LogP contribution in [0.25, 0.3) is 22.2 Å². The summed E-state index contributed by atoms with van der Waals surface area (Å²) in [6, 6.07) is 15.8. The molecule has 13 heteroatoms. The fraction of sp³-hybridized carbons (Fsp3) is 0.321. The minimum absolute atomic E-state index is 0.0184. The number of amides is 1. The summed E-state index contributed by atoms with van der Waals surface area (Å²) in [5.74, 6) is 0.00494. The molecule has 0 radical (unpaired) electrons. The molecule has 5 rings (SSSR count). The molecule has 216 valence electrons. The van der Waals surface area contributed by atoms with E-state index in [1.165, 1.54) is 10.7 Å². The first-order valence-electron chi connectivity index (χ1n) is 13.2. The Balaban J connectivity index is 1.64. The first kappa shape index (κ1) is 28.5. The lowest BCUT2D eigenvalue weighted by Gasteiger charge is -2.36. The Morgan fingerprint density at radius 3 is 2.59 bits per heavy atom. The van der Waals surface area contributed by atoms with Crippen LogP contribution in [0.3, 0.4) is 0 Å². The highest BCUT2D eigenvalue weighted by Gasteiger charge is 2.24. The fourth-order valence-corrected chi connectivity index (χ4v) is 5.20. The van der Waals surface area contributed by atoms with Crippen LogP contribution in [-0.4, -0.2) is 84.4 Å². The van der Waals surface area contributed by atoms with E-state index in [1.54, 1.807) is 30.3 Å². The van der Waals surface area contributed by atoms with Gasteiger partial charge in [0.25, 0.3) is 11.5 Å². The van der Waals surface area contributed by atoms with Gasteiger partial charge in [0.1, 0.15) is 28.4 Å². The lowest BCUT2D eigenvalue weighted by Crippen LogP contribution is -2.50. The molecule has 0 saturated carbocycles. The maximum absolute atomic E-state index is 13.6. The number of aromatic nitrogens is 3. The number of piperazine rings is 1. The Hall–Kier alpha value is -4.04. The zero-order valence-corrected chi connectivity index (χ0v) is 23.6. The van der Waals surface area contributed by atoms with Crippen LogP contribution in [0.1, 0.15) is 17.4 Å². The number of nitrogens with one attached hydrogen (secondary N) is 2. The molecule has 0 bridgehead atoms. The van der Waals surface area contributed by atoms with Gasteiger partial charge in [-0.1, -0.05) is 18.2 Å². The van der Waals surface area contributed by atoms with E-state index in [1.807, 2.05) is 18.2 Å². The van der Waals surface area contributed by atoms with Crippen LogP contribution < -0.4 is 21.3 Å². The third kappa shape index (κ3) is 6.49. The number of rotatable bonds is 10. The third-order valence-electron chi connectivity index (χ3n) is 7.21. The number of hydrogen-bond acceptors (Lipinski definition) is 9. The van der Waals surface area contributed by atoms with E-state index in [0.29, 0.717) is 40.4 Å². The number of carbonyl (C=O) groups excluding carboxylic acids is 1. The number of nitrogens with two attached hydrogens (primary N) is 1. The molecule has 2 atom stereocenters. The van der Waals surface area contributed by atoms with Crippen molar-refractivity contribution in [1.29, 1.82) is 0 Å². The number of aromatic amines is 1. The number of primary amides is 1. The van der Waals surface area contributed by atoms with Gasteiger partial charge in [-0.3, -0.25) is 18.7 Å². The first-order chi connectivity index (χ1) is 19.7. The lowest BCUT2D eigenvalue weighted by molar-refractivity contribution is 0.0996. The number of hydrogen-bond donors (Lipinski definition) is 3. The molecule has 0 aliphatic carbocycles. The zero-order valence-electron chi connectivity index (χ0n) is 22.8. The van der Waals surface area contributed by atoms with Crippen molar-refractivity contribution in [3.63, 3.8) is 0 Å². The number of likely N-dealkylation sites (N-methyl/N-ethyl adjacent to an activating group) is 1. The number of carbonyl (C=O) groups is 1. The van der Waals surface area contributed by atoms with Crippen molar-refractivity contribution in [2.45, 2.75) is 19.5 Å². The van der Waals surface area contributed by atoms with Crippen molar-refractivity contribution in [1.82, 2.24) is 24.6 Å². The largest absolute Gasteiger partial charge is 0.771 e. The quantitative estimate of drug-likeness (QED) is 0.240. The van der Waals surface area contributed by atoms with Gasteiger partial charge in [0.2, 0.25) is 0 Å². The van der Waals surface area contributed by atoms with E-state index in [0.717, 1.165) is 26.2 Å². The highest BCUT2D eigenvalue weighted by molar-refractivity contribution is 7.79. The predicted molar refractivity (Wildman–Crippen MR) is 157 cm³/mol. The molecule has 1 saturated heterocycles. The molecule has 1 fully saturated rings. The van der Waals surface area contributed by atoms with Gasteiger partial charge in [-0.05, 0) is 61.5 Å². The number of para-hydroxylation sites is 1. The number of nitrogens with zero attached hydrogens (tertiary/aromatic N) is 4. The van der Waals surface area contributed by atoms with E-state index >= 15 is 0 Å². The molecule has 2 unspecified atom stereocenters.